The second-order valence-corrected chi connectivity index (χ2v) is 5.17. The Bertz CT molecular complexity index is 256. The molecule has 2 heteroatoms. The number of hydrogen-bond acceptors (Lipinski definition) is 2. The topological polar surface area (TPSA) is 38.4 Å². The molecule has 1 saturated carbocycles. The minimum atomic E-state index is 0.385. The SMILES string of the molecule is CN=C1CC(C(C)(C)C)CC/C1=C/N. The Morgan fingerprint density at radius 1 is 1.43 bits per heavy atom. The molecule has 0 aromatic rings. The summed E-state index contributed by atoms with van der Waals surface area (Å²) in [4.78, 5) is 4.33. The van der Waals surface area contributed by atoms with E-state index >= 15 is 0 Å². The van der Waals surface area contributed by atoms with E-state index in [4.69, 9.17) is 5.73 Å². The van der Waals surface area contributed by atoms with Crippen LogP contribution in [0.5, 0.6) is 0 Å². The van der Waals surface area contributed by atoms with E-state index in [2.05, 4.69) is 25.8 Å². The van der Waals surface area contributed by atoms with Crippen LogP contribution in [0.4, 0.5) is 0 Å². The Hall–Kier alpha value is -0.790. The van der Waals surface area contributed by atoms with Gasteiger partial charge in [-0.15, -0.1) is 0 Å². The standard InChI is InChI=1S/C12H22N2/c1-12(2,3)10-6-5-9(8-13)11(7-10)14-4/h8,10H,5-7,13H2,1-4H3/b9-8-,14-11?. The van der Waals surface area contributed by atoms with Crippen LogP contribution in [0.25, 0.3) is 0 Å². The van der Waals surface area contributed by atoms with Crippen molar-refractivity contribution >= 4 is 5.71 Å². The molecule has 0 radical (unpaired) electrons. The normalized spacial score (nSPS) is 29.9. The molecule has 0 spiro atoms. The summed E-state index contributed by atoms with van der Waals surface area (Å²) in [6.07, 6.45) is 5.14. The van der Waals surface area contributed by atoms with Gasteiger partial charge in [0.2, 0.25) is 0 Å². The van der Waals surface area contributed by atoms with E-state index < -0.39 is 0 Å². The van der Waals surface area contributed by atoms with Crippen LogP contribution >= 0.6 is 0 Å². The number of rotatable bonds is 0. The number of hydrogen-bond donors (Lipinski definition) is 1. The van der Waals surface area contributed by atoms with Crippen molar-refractivity contribution in [3.05, 3.63) is 11.8 Å². The van der Waals surface area contributed by atoms with Gasteiger partial charge in [0, 0.05) is 12.8 Å². The first-order chi connectivity index (χ1) is 6.49. The molecule has 2 nitrogen and oxygen atoms in total. The Labute approximate surface area is 87.3 Å². The Balaban J connectivity index is 2.77. The fourth-order valence-electron chi connectivity index (χ4n) is 2.09. The molecule has 0 heterocycles. The van der Waals surface area contributed by atoms with Gasteiger partial charge in [-0.3, -0.25) is 4.99 Å². The average molecular weight is 194 g/mol. The highest BCUT2D eigenvalue weighted by atomic mass is 14.7. The number of allylic oxidation sites excluding steroid dienone is 1. The predicted octanol–water partition coefficient (Wildman–Crippen LogP) is 2.75. The monoisotopic (exact) mass is 194 g/mol. The van der Waals surface area contributed by atoms with Crippen LogP contribution in [-0.4, -0.2) is 12.8 Å². The number of aliphatic imine (C=N–C) groups is 1. The molecule has 14 heavy (non-hydrogen) atoms. The molecule has 1 atom stereocenters. The lowest BCUT2D eigenvalue weighted by atomic mass is 9.71. The quantitative estimate of drug-likeness (QED) is 0.632. The van der Waals surface area contributed by atoms with Crippen molar-refractivity contribution in [2.45, 2.75) is 40.0 Å². The van der Waals surface area contributed by atoms with Crippen molar-refractivity contribution in [1.82, 2.24) is 0 Å². The second kappa shape index (κ2) is 4.16. The summed E-state index contributed by atoms with van der Waals surface area (Å²) in [5.41, 5.74) is 8.42. The van der Waals surface area contributed by atoms with E-state index in [1.165, 1.54) is 17.7 Å². The zero-order valence-electron chi connectivity index (χ0n) is 9.80. The van der Waals surface area contributed by atoms with Crippen LogP contribution in [0.2, 0.25) is 0 Å². The number of nitrogens with two attached hydrogens (primary N) is 1. The minimum Gasteiger partial charge on any atom is -0.404 e. The van der Waals surface area contributed by atoms with Gasteiger partial charge in [-0.25, -0.2) is 0 Å². The third-order valence-corrected chi connectivity index (χ3v) is 3.27. The first-order valence-corrected chi connectivity index (χ1v) is 5.36. The van der Waals surface area contributed by atoms with Gasteiger partial charge in [-0.05, 0) is 42.4 Å². The van der Waals surface area contributed by atoms with E-state index in [9.17, 15) is 0 Å². The van der Waals surface area contributed by atoms with Crippen LogP contribution in [0.15, 0.2) is 16.8 Å². The molecule has 0 aromatic carbocycles. The summed E-state index contributed by atoms with van der Waals surface area (Å²) < 4.78 is 0. The Kier molecular flexibility index (Phi) is 3.35. The highest BCUT2D eigenvalue weighted by molar-refractivity contribution is 6.00. The lowest BCUT2D eigenvalue weighted by Crippen LogP contribution is -2.28. The van der Waals surface area contributed by atoms with E-state index in [0.717, 1.165) is 18.8 Å². The average Bonchev–Trinajstić information content (AvgIpc) is 2.15. The molecule has 1 fully saturated rings. The van der Waals surface area contributed by atoms with E-state index in [1.54, 1.807) is 6.20 Å². The van der Waals surface area contributed by atoms with E-state index in [1.807, 2.05) is 7.05 Å². The molecule has 80 valence electrons. The van der Waals surface area contributed by atoms with Crippen molar-refractivity contribution in [2.24, 2.45) is 22.1 Å². The Morgan fingerprint density at radius 2 is 2.07 bits per heavy atom. The molecule has 1 aliphatic rings. The minimum absolute atomic E-state index is 0.385. The molecule has 0 aromatic heterocycles. The summed E-state index contributed by atoms with van der Waals surface area (Å²) >= 11 is 0. The molecule has 1 rings (SSSR count). The molecular weight excluding hydrogens is 172 g/mol. The largest absolute Gasteiger partial charge is 0.404 e. The predicted molar refractivity (Wildman–Crippen MR) is 62.4 cm³/mol. The van der Waals surface area contributed by atoms with Crippen LogP contribution in [0, 0.1) is 11.3 Å². The third-order valence-electron chi connectivity index (χ3n) is 3.27. The van der Waals surface area contributed by atoms with Gasteiger partial charge in [-0.2, -0.15) is 0 Å². The van der Waals surface area contributed by atoms with Gasteiger partial charge in [0.1, 0.15) is 0 Å². The van der Waals surface area contributed by atoms with E-state index in [0.29, 0.717) is 5.41 Å². The molecule has 2 N–H and O–H groups in total. The second-order valence-electron chi connectivity index (χ2n) is 5.17. The fraction of sp³-hybridized carbons (Fsp3) is 0.750. The van der Waals surface area contributed by atoms with Crippen LogP contribution in [0.1, 0.15) is 40.0 Å². The summed E-state index contributed by atoms with van der Waals surface area (Å²) in [6.45, 7) is 6.92. The zero-order chi connectivity index (χ0) is 10.8. The van der Waals surface area contributed by atoms with Crippen molar-refractivity contribution in [1.29, 1.82) is 0 Å². The lowest BCUT2D eigenvalue weighted by molar-refractivity contribution is 0.227. The van der Waals surface area contributed by atoms with Crippen molar-refractivity contribution in [2.75, 3.05) is 7.05 Å². The Morgan fingerprint density at radius 3 is 2.50 bits per heavy atom. The van der Waals surface area contributed by atoms with Crippen molar-refractivity contribution in [3.63, 3.8) is 0 Å². The van der Waals surface area contributed by atoms with Gasteiger partial charge < -0.3 is 5.73 Å². The summed E-state index contributed by atoms with van der Waals surface area (Å²) in [6, 6.07) is 0. The number of nitrogens with zero attached hydrogens (tertiary/aromatic N) is 1. The van der Waals surface area contributed by atoms with Gasteiger partial charge in [0.25, 0.3) is 0 Å². The van der Waals surface area contributed by atoms with Gasteiger partial charge in [-0.1, -0.05) is 20.8 Å². The molecule has 0 aliphatic heterocycles. The summed E-state index contributed by atoms with van der Waals surface area (Å²) in [5, 5.41) is 0. The molecular formula is C12H22N2. The van der Waals surface area contributed by atoms with Gasteiger partial charge in [0.05, 0.1) is 0 Å². The van der Waals surface area contributed by atoms with Gasteiger partial charge in [0.15, 0.2) is 0 Å². The fourth-order valence-corrected chi connectivity index (χ4v) is 2.09. The first kappa shape index (κ1) is 11.3. The highest BCUT2D eigenvalue weighted by Gasteiger charge is 2.30. The maximum absolute atomic E-state index is 5.58. The van der Waals surface area contributed by atoms with Crippen LogP contribution in [-0.2, 0) is 0 Å². The molecule has 1 unspecified atom stereocenters. The van der Waals surface area contributed by atoms with Crippen LogP contribution < -0.4 is 5.73 Å². The zero-order valence-corrected chi connectivity index (χ0v) is 9.80. The molecule has 1 aliphatic carbocycles. The molecule has 0 bridgehead atoms. The van der Waals surface area contributed by atoms with Crippen LogP contribution in [0.3, 0.4) is 0 Å². The van der Waals surface area contributed by atoms with Crippen molar-refractivity contribution < 1.29 is 0 Å². The smallest absolute Gasteiger partial charge is 0.0394 e. The lowest BCUT2D eigenvalue weighted by Gasteiger charge is -2.35. The molecule has 0 amide bonds. The highest BCUT2D eigenvalue weighted by Crippen LogP contribution is 2.38. The first-order valence-electron chi connectivity index (χ1n) is 5.36. The maximum atomic E-state index is 5.58. The molecule has 0 saturated heterocycles. The van der Waals surface area contributed by atoms with Gasteiger partial charge >= 0.3 is 0 Å². The maximum Gasteiger partial charge on any atom is 0.0394 e. The van der Waals surface area contributed by atoms with E-state index in [-0.39, 0.29) is 0 Å². The summed E-state index contributed by atoms with van der Waals surface area (Å²) in [5.74, 6) is 0.741. The third kappa shape index (κ3) is 2.37. The summed E-state index contributed by atoms with van der Waals surface area (Å²) in [7, 11) is 1.86. The van der Waals surface area contributed by atoms with Crippen molar-refractivity contribution in [3.8, 4) is 0 Å².